The molecule has 0 aliphatic carbocycles. The summed E-state index contributed by atoms with van der Waals surface area (Å²) in [7, 11) is -1.79. The van der Waals surface area contributed by atoms with Crippen LogP contribution in [-0.2, 0) is 16.4 Å². The minimum Gasteiger partial charge on any atom is -0.415 e. The van der Waals surface area contributed by atoms with Gasteiger partial charge in [-0.15, -0.1) is 10.2 Å². The van der Waals surface area contributed by atoms with Crippen LogP contribution < -0.4 is 0 Å². The Kier molecular flexibility index (Phi) is 7.06. The van der Waals surface area contributed by atoms with E-state index in [1.165, 1.54) is 16.7 Å². The van der Waals surface area contributed by atoms with Crippen molar-refractivity contribution in [1.82, 2.24) is 24.5 Å². The van der Waals surface area contributed by atoms with Crippen LogP contribution in [0.1, 0.15) is 42.1 Å². The van der Waals surface area contributed by atoms with Crippen molar-refractivity contribution in [2.24, 2.45) is 0 Å². The Morgan fingerprint density at radius 2 is 1.74 bits per heavy atom. The molecule has 31 heavy (non-hydrogen) atoms. The second kappa shape index (κ2) is 9.56. The SMILES string of the molecule is CCS(=O)(=O)N(C)CC(Cc1ncc(-c2nnc(C(F)F)o2)cn1)c1ccc(C)cc1. The zero-order valence-corrected chi connectivity index (χ0v) is 18.2. The Labute approximate surface area is 179 Å². The van der Waals surface area contributed by atoms with Crippen LogP contribution in [0.25, 0.3) is 11.5 Å². The number of alkyl halides is 2. The van der Waals surface area contributed by atoms with Gasteiger partial charge in [-0.25, -0.2) is 22.7 Å². The lowest BCUT2D eigenvalue weighted by molar-refractivity contribution is 0.116. The maximum absolute atomic E-state index is 12.6. The molecule has 11 heteroatoms. The molecule has 0 fully saturated rings. The smallest absolute Gasteiger partial charge is 0.314 e. The lowest BCUT2D eigenvalue weighted by Gasteiger charge is -2.23. The van der Waals surface area contributed by atoms with Crippen LogP contribution in [0.5, 0.6) is 0 Å². The van der Waals surface area contributed by atoms with Crippen LogP contribution in [0.2, 0.25) is 0 Å². The molecule has 0 aliphatic rings. The quantitative estimate of drug-likeness (QED) is 0.491. The van der Waals surface area contributed by atoms with Gasteiger partial charge >= 0.3 is 6.43 Å². The van der Waals surface area contributed by atoms with Crippen LogP contribution in [0, 0.1) is 6.92 Å². The van der Waals surface area contributed by atoms with E-state index in [0.717, 1.165) is 11.1 Å². The molecule has 0 N–H and O–H groups in total. The molecule has 1 aromatic carbocycles. The molecule has 0 spiro atoms. The van der Waals surface area contributed by atoms with Gasteiger partial charge < -0.3 is 4.42 Å². The molecular formula is C20H23F2N5O3S. The Morgan fingerprint density at radius 1 is 1.10 bits per heavy atom. The molecule has 3 rings (SSSR count). The first kappa shape index (κ1) is 22.9. The number of benzene rings is 1. The fourth-order valence-corrected chi connectivity index (χ4v) is 3.85. The summed E-state index contributed by atoms with van der Waals surface area (Å²) in [6.07, 6.45) is 0.375. The van der Waals surface area contributed by atoms with Crippen LogP contribution in [0.3, 0.4) is 0 Å². The summed E-state index contributed by atoms with van der Waals surface area (Å²) in [6, 6.07) is 7.86. The summed E-state index contributed by atoms with van der Waals surface area (Å²) in [5.74, 6) is -0.540. The van der Waals surface area contributed by atoms with Crippen molar-refractivity contribution >= 4 is 10.0 Å². The predicted octanol–water partition coefficient (Wildman–Crippen LogP) is 3.38. The van der Waals surface area contributed by atoms with Gasteiger partial charge in [0.2, 0.25) is 10.0 Å². The fraction of sp³-hybridized carbons (Fsp3) is 0.400. The molecule has 0 radical (unpaired) electrons. The van der Waals surface area contributed by atoms with Crippen molar-refractivity contribution in [2.45, 2.75) is 32.6 Å². The fourth-order valence-electron chi connectivity index (χ4n) is 3.00. The van der Waals surface area contributed by atoms with Crippen molar-refractivity contribution < 1.29 is 21.6 Å². The van der Waals surface area contributed by atoms with Crippen molar-refractivity contribution in [3.05, 3.63) is 59.5 Å². The number of aryl methyl sites for hydroxylation is 1. The van der Waals surface area contributed by atoms with E-state index in [1.54, 1.807) is 14.0 Å². The summed E-state index contributed by atoms with van der Waals surface area (Å²) in [5.41, 5.74) is 2.39. The number of nitrogens with zero attached hydrogens (tertiary/aromatic N) is 5. The van der Waals surface area contributed by atoms with Crippen LogP contribution in [0.15, 0.2) is 41.1 Å². The number of likely N-dealkylation sites (N-methyl/N-ethyl adjacent to an activating group) is 1. The molecule has 1 atom stereocenters. The van der Waals surface area contributed by atoms with Gasteiger partial charge in [0.1, 0.15) is 5.82 Å². The normalized spacial score (nSPS) is 13.1. The van der Waals surface area contributed by atoms with Crippen molar-refractivity contribution in [2.75, 3.05) is 19.3 Å². The lowest BCUT2D eigenvalue weighted by atomic mass is 9.94. The zero-order valence-electron chi connectivity index (χ0n) is 17.4. The van der Waals surface area contributed by atoms with Gasteiger partial charge in [0.05, 0.1) is 11.3 Å². The van der Waals surface area contributed by atoms with E-state index >= 15 is 0 Å². The Hall–Kier alpha value is -2.79. The first-order valence-corrected chi connectivity index (χ1v) is 11.2. The first-order chi connectivity index (χ1) is 14.7. The summed E-state index contributed by atoms with van der Waals surface area (Å²) >= 11 is 0. The third-order valence-electron chi connectivity index (χ3n) is 4.87. The number of halogens is 2. The topological polar surface area (TPSA) is 102 Å². The number of aromatic nitrogens is 4. The largest absolute Gasteiger partial charge is 0.415 e. The first-order valence-electron chi connectivity index (χ1n) is 9.63. The minimum absolute atomic E-state index is 0.0140. The van der Waals surface area contributed by atoms with E-state index < -0.39 is 22.3 Å². The second-order valence-corrected chi connectivity index (χ2v) is 9.49. The van der Waals surface area contributed by atoms with E-state index in [9.17, 15) is 17.2 Å². The number of hydrogen-bond acceptors (Lipinski definition) is 7. The highest BCUT2D eigenvalue weighted by Crippen LogP contribution is 2.25. The molecule has 0 aliphatic heterocycles. The molecule has 0 bridgehead atoms. The molecule has 0 saturated heterocycles. The van der Waals surface area contributed by atoms with Gasteiger partial charge in [-0.2, -0.15) is 8.78 Å². The standard InChI is InChI=1S/C20H23F2N5O3S/c1-4-31(28,29)27(3)12-15(14-7-5-13(2)6-8-14)9-17-23-10-16(11-24-17)19-25-26-20(30-19)18(21)22/h5-8,10-11,15,18H,4,9,12H2,1-3H3. The molecule has 0 saturated carbocycles. The van der Waals surface area contributed by atoms with E-state index in [1.807, 2.05) is 31.2 Å². The third-order valence-corrected chi connectivity index (χ3v) is 6.70. The van der Waals surface area contributed by atoms with Crippen LogP contribution in [-0.4, -0.2) is 52.2 Å². The Morgan fingerprint density at radius 3 is 2.29 bits per heavy atom. The van der Waals surface area contributed by atoms with Crippen LogP contribution >= 0.6 is 0 Å². The molecule has 0 amide bonds. The van der Waals surface area contributed by atoms with E-state index in [-0.39, 0.29) is 24.1 Å². The molecule has 8 nitrogen and oxygen atoms in total. The summed E-state index contributed by atoms with van der Waals surface area (Å²) in [5, 5.41) is 6.87. The molecule has 2 aromatic heterocycles. The molecule has 166 valence electrons. The summed E-state index contributed by atoms with van der Waals surface area (Å²) < 4.78 is 56.0. The highest BCUT2D eigenvalue weighted by Gasteiger charge is 2.23. The lowest BCUT2D eigenvalue weighted by Crippen LogP contribution is -2.33. The summed E-state index contributed by atoms with van der Waals surface area (Å²) in [6.45, 7) is 3.85. The Bertz CT molecular complexity index is 1100. The maximum Gasteiger partial charge on any atom is 0.314 e. The number of rotatable bonds is 9. The Balaban J connectivity index is 1.82. The van der Waals surface area contributed by atoms with E-state index in [2.05, 4.69) is 20.2 Å². The van der Waals surface area contributed by atoms with Gasteiger partial charge in [0, 0.05) is 38.3 Å². The third kappa shape index (κ3) is 5.67. The van der Waals surface area contributed by atoms with E-state index in [4.69, 9.17) is 4.42 Å². The molecule has 3 aromatic rings. The van der Waals surface area contributed by atoms with Gasteiger partial charge in [-0.1, -0.05) is 29.8 Å². The van der Waals surface area contributed by atoms with Crippen molar-refractivity contribution in [3.63, 3.8) is 0 Å². The van der Waals surface area contributed by atoms with Gasteiger partial charge in [0.25, 0.3) is 11.8 Å². The average molecular weight is 451 g/mol. The second-order valence-electron chi connectivity index (χ2n) is 7.13. The van der Waals surface area contributed by atoms with Crippen LogP contribution in [0.4, 0.5) is 8.78 Å². The van der Waals surface area contributed by atoms with Gasteiger partial charge in [-0.3, -0.25) is 0 Å². The zero-order chi connectivity index (χ0) is 22.6. The minimum atomic E-state index is -3.35. The van der Waals surface area contributed by atoms with Crippen molar-refractivity contribution in [3.8, 4) is 11.5 Å². The highest BCUT2D eigenvalue weighted by molar-refractivity contribution is 7.89. The predicted molar refractivity (Wildman–Crippen MR) is 110 cm³/mol. The van der Waals surface area contributed by atoms with E-state index in [0.29, 0.717) is 17.8 Å². The molecular weight excluding hydrogens is 428 g/mol. The molecule has 1 unspecified atom stereocenters. The van der Waals surface area contributed by atoms with Crippen molar-refractivity contribution in [1.29, 1.82) is 0 Å². The monoisotopic (exact) mass is 451 g/mol. The highest BCUT2D eigenvalue weighted by atomic mass is 32.2. The average Bonchev–Trinajstić information content (AvgIpc) is 3.25. The van der Waals surface area contributed by atoms with Gasteiger partial charge in [0.15, 0.2) is 0 Å². The maximum atomic E-state index is 12.6. The number of hydrogen-bond donors (Lipinski definition) is 0. The van der Waals surface area contributed by atoms with Gasteiger partial charge in [-0.05, 0) is 19.4 Å². The number of sulfonamides is 1. The molecule has 2 heterocycles. The summed E-state index contributed by atoms with van der Waals surface area (Å²) in [4.78, 5) is 8.57.